The van der Waals surface area contributed by atoms with Gasteiger partial charge in [0.15, 0.2) is 5.13 Å². The number of methoxy groups -OCH3 is 2. The van der Waals surface area contributed by atoms with Gasteiger partial charge in [-0.25, -0.2) is 9.37 Å². The molecule has 3 rings (SSSR count). The van der Waals surface area contributed by atoms with Crippen LogP contribution in [0.2, 0.25) is 10.0 Å². The summed E-state index contributed by atoms with van der Waals surface area (Å²) in [7, 11) is 3.11. The van der Waals surface area contributed by atoms with E-state index in [1.807, 2.05) is 6.07 Å². The summed E-state index contributed by atoms with van der Waals surface area (Å²) >= 11 is 12.8. The fourth-order valence-electron chi connectivity index (χ4n) is 2.33. The lowest BCUT2D eigenvalue weighted by Gasteiger charge is -2.08. The van der Waals surface area contributed by atoms with Gasteiger partial charge in [-0.1, -0.05) is 23.2 Å². The van der Waals surface area contributed by atoms with Crippen LogP contribution in [0, 0.1) is 5.82 Å². The summed E-state index contributed by atoms with van der Waals surface area (Å²) in [5.74, 6) is -0.0775. The Morgan fingerprint density at radius 2 is 1.93 bits per heavy atom. The molecule has 1 N–H and O–H groups in total. The first-order valence-corrected chi connectivity index (χ1v) is 9.20. The largest absolute Gasteiger partial charge is 0.497 e. The number of rotatable bonds is 5. The zero-order chi connectivity index (χ0) is 19.6. The van der Waals surface area contributed by atoms with Crippen LogP contribution in [0.1, 0.15) is 10.4 Å². The molecule has 0 radical (unpaired) electrons. The third-order valence-electron chi connectivity index (χ3n) is 3.66. The van der Waals surface area contributed by atoms with Crippen molar-refractivity contribution in [2.24, 2.45) is 0 Å². The Labute approximate surface area is 168 Å². The van der Waals surface area contributed by atoms with Crippen molar-refractivity contribution in [1.82, 2.24) is 4.98 Å². The molecule has 2 aromatic carbocycles. The fraction of sp³-hybridized carbons (Fsp3) is 0.111. The minimum Gasteiger partial charge on any atom is -0.497 e. The smallest absolute Gasteiger partial charge is 0.259 e. The topological polar surface area (TPSA) is 60.5 Å². The van der Waals surface area contributed by atoms with Gasteiger partial charge in [0.25, 0.3) is 5.91 Å². The molecule has 0 unspecified atom stereocenters. The number of hydrogen-bond donors (Lipinski definition) is 1. The number of aromatic nitrogens is 1. The summed E-state index contributed by atoms with van der Waals surface area (Å²) in [5.41, 5.74) is 1.33. The van der Waals surface area contributed by atoms with E-state index in [0.29, 0.717) is 22.3 Å². The van der Waals surface area contributed by atoms with Crippen molar-refractivity contribution in [1.29, 1.82) is 0 Å². The van der Waals surface area contributed by atoms with Crippen molar-refractivity contribution >= 4 is 45.6 Å². The molecule has 0 bridgehead atoms. The van der Waals surface area contributed by atoms with E-state index >= 15 is 0 Å². The molecule has 1 amide bonds. The highest BCUT2D eigenvalue weighted by atomic mass is 35.5. The molecule has 0 aliphatic heterocycles. The van der Waals surface area contributed by atoms with Gasteiger partial charge in [-0.05, 0) is 24.3 Å². The summed E-state index contributed by atoms with van der Waals surface area (Å²) in [6.45, 7) is 0. The van der Waals surface area contributed by atoms with Crippen LogP contribution in [0.25, 0.3) is 11.3 Å². The summed E-state index contributed by atoms with van der Waals surface area (Å²) in [6.07, 6.45) is 0. The molecule has 3 aromatic rings. The van der Waals surface area contributed by atoms with Gasteiger partial charge in [-0.2, -0.15) is 0 Å². The first kappa shape index (κ1) is 19.4. The molecule has 5 nitrogen and oxygen atoms in total. The quantitative estimate of drug-likeness (QED) is 0.545. The van der Waals surface area contributed by atoms with E-state index in [4.69, 9.17) is 32.7 Å². The van der Waals surface area contributed by atoms with Crippen LogP contribution in [0.3, 0.4) is 0 Å². The molecule has 1 heterocycles. The van der Waals surface area contributed by atoms with Crippen molar-refractivity contribution < 1.29 is 18.7 Å². The number of halogens is 3. The summed E-state index contributed by atoms with van der Waals surface area (Å²) in [4.78, 5) is 16.8. The van der Waals surface area contributed by atoms with Crippen molar-refractivity contribution in [3.05, 3.63) is 57.1 Å². The molecule has 0 saturated carbocycles. The monoisotopic (exact) mass is 426 g/mol. The molecule has 140 valence electrons. The Kier molecular flexibility index (Phi) is 5.84. The number of carbonyl (C=O) groups is 1. The standard InChI is InChI=1S/C18H13Cl2FN2O3S/c1-25-9-3-4-10(16(5-9)26-2)15-8-27-18(22-15)23-17(24)11-6-14(21)13(20)7-12(11)19/h3-8H,1-2H3,(H,22,23,24). The fourth-order valence-corrected chi connectivity index (χ4v) is 3.50. The first-order chi connectivity index (χ1) is 12.9. The Morgan fingerprint density at radius 1 is 1.15 bits per heavy atom. The van der Waals surface area contributed by atoms with Gasteiger partial charge >= 0.3 is 0 Å². The molecule has 1 aromatic heterocycles. The second-order valence-electron chi connectivity index (χ2n) is 5.30. The Morgan fingerprint density at radius 3 is 2.63 bits per heavy atom. The van der Waals surface area contributed by atoms with Crippen LogP contribution in [0.15, 0.2) is 35.7 Å². The number of thiazole rings is 1. The highest BCUT2D eigenvalue weighted by Crippen LogP contribution is 2.35. The van der Waals surface area contributed by atoms with Gasteiger partial charge in [-0.3, -0.25) is 10.1 Å². The first-order valence-electron chi connectivity index (χ1n) is 7.56. The van der Waals surface area contributed by atoms with Gasteiger partial charge < -0.3 is 9.47 Å². The molecule has 0 atom stereocenters. The lowest BCUT2D eigenvalue weighted by Crippen LogP contribution is -2.12. The highest BCUT2D eigenvalue weighted by molar-refractivity contribution is 7.14. The Hall–Kier alpha value is -2.35. The van der Waals surface area contributed by atoms with Gasteiger partial charge in [-0.15, -0.1) is 11.3 Å². The zero-order valence-corrected chi connectivity index (χ0v) is 16.5. The number of ether oxygens (including phenoxy) is 2. The number of amides is 1. The van der Waals surface area contributed by atoms with E-state index in [1.54, 1.807) is 31.7 Å². The van der Waals surface area contributed by atoms with Crippen LogP contribution < -0.4 is 14.8 Å². The number of anilines is 1. The summed E-state index contributed by atoms with van der Waals surface area (Å²) < 4.78 is 24.2. The maximum Gasteiger partial charge on any atom is 0.259 e. The van der Waals surface area contributed by atoms with E-state index in [0.717, 1.165) is 11.6 Å². The van der Waals surface area contributed by atoms with Crippen LogP contribution in [0.5, 0.6) is 11.5 Å². The van der Waals surface area contributed by atoms with Gasteiger partial charge in [0.2, 0.25) is 0 Å². The third-order valence-corrected chi connectivity index (χ3v) is 5.02. The van der Waals surface area contributed by atoms with Crippen molar-refractivity contribution in [2.45, 2.75) is 0 Å². The SMILES string of the molecule is COc1ccc(-c2csc(NC(=O)c3cc(F)c(Cl)cc3Cl)n2)c(OC)c1. The number of carbonyl (C=O) groups excluding carboxylic acids is 1. The third kappa shape index (κ3) is 4.16. The second-order valence-corrected chi connectivity index (χ2v) is 6.98. The molecule has 0 fully saturated rings. The van der Waals surface area contributed by atoms with E-state index in [1.165, 1.54) is 17.4 Å². The minimum atomic E-state index is -0.728. The van der Waals surface area contributed by atoms with Crippen molar-refractivity contribution in [3.63, 3.8) is 0 Å². The van der Waals surface area contributed by atoms with Crippen LogP contribution in [-0.4, -0.2) is 25.1 Å². The Bertz CT molecular complexity index is 1010. The van der Waals surface area contributed by atoms with E-state index in [-0.39, 0.29) is 15.6 Å². The predicted octanol–water partition coefficient (Wildman–Crippen LogP) is 5.53. The maximum absolute atomic E-state index is 13.6. The molecule has 9 heteroatoms. The minimum absolute atomic E-state index is 0.0302. The molecular weight excluding hydrogens is 414 g/mol. The van der Waals surface area contributed by atoms with Crippen molar-refractivity contribution in [3.8, 4) is 22.8 Å². The van der Waals surface area contributed by atoms with Crippen LogP contribution in [-0.2, 0) is 0 Å². The van der Waals surface area contributed by atoms with Gasteiger partial charge in [0.1, 0.15) is 17.3 Å². The van der Waals surface area contributed by atoms with E-state index in [9.17, 15) is 9.18 Å². The maximum atomic E-state index is 13.6. The molecular formula is C18H13Cl2FN2O3S. The highest BCUT2D eigenvalue weighted by Gasteiger charge is 2.17. The second kappa shape index (κ2) is 8.12. The summed E-state index contributed by atoms with van der Waals surface area (Å²) in [6, 6.07) is 7.50. The van der Waals surface area contributed by atoms with E-state index in [2.05, 4.69) is 10.3 Å². The zero-order valence-electron chi connectivity index (χ0n) is 14.2. The summed E-state index contributed by atoms with van der Waals surface area (Å²) in [5, 5.41) is 4.60. The number of benzene rings is 2. The Balaban J connectivity index is 1.85. The normalized spacial score (nSPS) is 10.6. The average Bonchev–Trinajstić information content (AvgIpc) is 3.12. The van der Waals surface area contributed by atoms with E-state index < -0.39 is 11.7 Å². The lowest BCUT2D eigenvalue weighted by molar-refractivity contribution is 0.102. The van der Waals surface area contributed by atoms with Gasteiger partial charge in [0, 0.05) is 17.0 Å². The molecule has 0 saturated heterocycles. The van der Waals surface area contributed by atoms with Gasteiger partial charge in [0.05, 0.1) is 35.5 Å². The van der Waals surface area contributed by atoms with Crippen LogP contribution >= 0.6 is 34.5 Å². The average molecular weight is 427 g/mol. The number of nitrogens with one attached hydrogen (secondary N) is 1. The van der Waals surface area contributed by atoms with Crippen LogP contribution in [0.4, 0.5) is 9.52 Å². The number of nitrogens with zero attached hydrogens (tertiary/aromatic N) is 1. The molecule has 27 heavy (non-hydrogen) atoms. The molecule has 0 spiro atoms. The van der Waals surface area contributed by atoms with Crippen molar-refractivity contribution in [2.75, 3.05) is 19.5 Å². The number of hydrogen-bond acceptors (Lipinski definition) is 5. The molecule has 0 aliphatic carbocycles. The lowest BCUT2D eigenvalue weighted by atomic mass is 10.1. The predicted molar refractivity (Wildman–Crippen MR) is 105 cm³/mol. The molecule has 0 aliphatic rings.